The van der Waals surface area contributed by atoms with Crippen molar-refractivity contribution in [1.29, 1.82) is 0 Å². The second kappa shape index (κ2) is 2.34. The van der Waals surface area contributed by atoms with Crippen LogP contribution in [0.2, 0.25) is 0 Å². The van der Waals surface area contributed by atoms with Crippen molar-refractivity contribution in [3.8, 4) is 0 Å². The zero-order valence-corrected chi connectivity index (χ0v) is 6.23. The maximum absolute atomic E-state index is 2.16. The van der Waals surface area contributed by atoms with Crippen molar-refractivity contribution in [2.24, 2.45) is 0 Å². The summed E-state index contributed by atoms with van der Waals surface area (Å²) < 4.78 is 0. The summed E-state index contributed by atoms with van der Waals surface area (Å²) >= 11 is 0. The third kappa shape index (κ3) is 1.21. The molecule has 0 bridgehead atoms. The van der Waals surface area contributed by atoms with Crippen LogP contribution in [0.1, 0.15) is 16.6 Å². The van der Waals surface area contributed by atoms with E-state index in [-0.39, 0.29) is 0 Å². The van der Waals surface area contributed by atoms with Gasteiger partial charge in [0, 0.05) is 0 Å². The van der Waals surface area contributed by atoms with E-state index in [1.54, 1.807) is 0 Å². The zero-order valence-electron chi connectivity index (χ0n) is 6.23. The minimum absolute atomic E-state index is 1.38. The van der Waals surface area contributed by atoms with Gasteiger partial charge in [0.15, 0.2) is 0 Å². The second-order valence-corrected chi connectivity index (χ2v) is 2.52. The number of aryl methyl sites for hydroxylation is 2. The average molecular weight is 118 g/mol. The Labute approximate surface area is 57.1 Å². The van der Waals surface area contributed by atoms with Gasteiger partial charge in [-0.1, -0.05) is 0 Å². The van der Waals surface area contributed by atoms with Gasteiger partial charge >= 0.3 is 56.3 Å². The third-order valence-electron chi connectivity index (χ3n) is 1.88. The Morgan fingerprint density at radius 3 is 2.33 bits per heavy atom. The molecule has 0 aliphatic carbocycles. The molecular weight excluding hydrogens is 107 g/mol. The van der Waals surface area contributed by atoms with Gasteiger partial charge in [0.05, 0.1) is 0 Å². The molecule has 0 amide bonds. The van der Waals surface area contributed by atoms with E-state index in [1.807, 2.05) is 0 Å². The third-order valence-corrected chi connectivity index (χ3v) is 1.88. The summed E-state index contributed by atoms with van der Waals surface area (Å²) in [4.78, 5) is 0. The normalized spacial score (nSPS) is 9.22. The predicted molar refractivity (Wildman–Crippen MR) is 42.0 cm³/mol. The fraction of sp³-hybridized carbons (Fsp3) is 0.375. The summed E-state index contributed by atoms with van der Waals surface area (Å²) in [5.41, 5.74) is 4.18. The number of hydrogen-bond donors (Lipinski definition) is 0. The molecule has 1 rings (SSSR count). The monoisotopic (exact) mass is 118 g/mol. The fourth-order valence-corrected chi connectivity index (χ4v) is 0.898. The molecule has 0 N–H and O–H groups in total. The van der Waals surface area contributed by atoms with Gasteiger partial charge in [-0.15, -0.1) is 0 Å². The van der Waals surface area contributed by atoms with Crippen LogP contribution >= 0.6 is 0 Å². The first kappa shape index (κ1) is 6.53. The van der Waals surface area contributed by atoms with E-state index in [1.165, 1.54) is 16.6 Å². The summed E-state index contributed by atoms with van der Waals surface area (Å²) in [6.07, 6.45) is 0. The molecule has 1 heteroatoms. The number of rotatable bonds is 0. The quantitative estimate of drug-likeness (QED) is 0.488. The van der Waals surface area contributed by atoms with Crippen LogP contribution in [0.3, 0.4) is 0 Å². The standard InChI is InChI=1S/C8H11B/c1-6-4-5-9-8(3)7(6)2/h4-5H,1-3H3. The van der Waals surface area contributed by atoms with E-state index in [2.05, 4.69) is 39.7 Å². The van der Waals surface area contributed by atoms with Crippen molar-refractivity contribution in [1.82, 2.24) is 0 Å². The average Bonchev–Trinajstić information content (AvgIpc) is 1.83. The van der Waals surface area contributed by atoms with Crippen molar-refractivity contribution >= 4 is 6.91 Å². The molecule has 0 radical (unpaired) electrons. The van der Waals surface area contributed by atoms with Crippen molar-refractivity contribution < 1.29 is 0 Å². The molecule has 1 heterocycles. The molecule has 0 aliphatic heterocycles. The topological polar surface area (TPSA) is 0 Å². The zero-order chi connectivity index (χ0) is 6.85. The van der Waals surface area contributed by atoms with Crippen LogP contribution in [-0.4, -0.2) is 6.91 Å². The van der Waals surface area contributed by atoms with Gasteiger partial charge in [-0.3, -0.25) is 0 Å². The Hall–Kier alpha value is -0.585. The van der Waals surface area contributed by atoms with E-state index in [0.717, 1.165) is 0 Å². The van der Waals surface area contributed by atoms with Crippen LogP contribution in [0, 0.1) is 20.8 Å². The van der Waals surface area contributed by atoms with Crippen molar-refractivity contribution in [2.75, 3.05) is 0 Å². The fourth-order valence-electron chi connectivity index (χ4n) is 0.898. The molecule has 9 heavy (non-hydrogen) atoms. The van der Waals surface area contributed by atoms with Crippen LogP contribution in [0.25, 0.3) is 0 Å². The molecule has 46 valence electrons. The molecule has 1 aromatic heterocycles. The van der Waals surface area contributed by atoms with Gasteiger partial charge in [0.2, 0.25) is 0 Å². The van der Waals surface area contributed by atoms with E-state index in [4.69, 9.17) is 0 Å². The summed E-state index contributed by atoms with van der Waals surface area (Å²) in [7, 11) is 0. The van der Waals surface area contributed by atoms with Crippen molar-refractivity contribution in [3.63, 3.8) is 0 Å². The summed E-state index contributed by atoms with van der Waals surface area (Å²) in [6, 6.07) is 2.14. The van der Waals surface area contributed by atoms with Gasteiger partial charge < -0.3 is 0 Å². The van der Waals surface area contributed by atoms with Crippen LogP contribution in [0.5, 0.6) is 0 Å². The molecular formula is C8H11B. The molecule has 0 spiro atoms. The summed E-state index contributed by atoms with van der Waals surface area (Å²) in [5, 5.41) is 0. The molecule has 0 saturated carbocycles. The van der Waals surface area contributed by atoms with Gasteiger partial charge in [-0.2, -0.15) is 0 Å². The van der Waals surface area contributed by atoms with Crippen LogP contribution in [0.15, 0.2) is 12.0 Å². The summed E-state index contributed by atoms with van der Waals surface area (Å²) in [5.74, 6) is 2.09. The molecule has 0 saturated heterocycles. The first-order chi connectivity index (χ1) is 4.22. The van der Waals surface area contributed by atoms with E-state index < -0.39 is 0 Å². The predicted octanol–water partition coefficient (Wildman–Crippen LogP) is 1.95. The van der Waals surface area contributed by atoms with Gasteiger partial charge in [-0.25, -0.2) is 0 Å². The van der Waals surface area contributed by atoms with E-state index in [0.29, 0.717) is 0 Å². The molecule has 0 aromatic carbocycles. The van der Waals surface area contributed by atoms with Crippen LogP contribution in [-0.2, 0) is 0 Å². The van der Waals surface area contributed by atoms with Crippen LogP contribution < -0.4 is 0 Å². The Morgan fingerprint density at radius 1 is 1.22 bits per heavy atom. The van der Waals surface area contributed by atoms with Gasteiger partial charge in [0.25, 0.3) is 0 Å². The Kier molecular flexibility index (Phi) is 1.70. The van der Waals surface area contributed by atoms with Gasteiger partial charge in [-0.05, 0) is 0 Å². The van der Waals surface area contributed by atoms with Crippen LogP contribution in [0.4, 0.5) is 0 Å². The molecule has 0 fully saturated rings. The van der Waals surface area contributed by atoms with Gasteiger partial charge in [0.1, 0.15) is 0 Å². The Morgan fingerprint density at radius 2 is 1.89 bits per heavy atom. The minimum atomic E-state index is 1.38. The molecule has 0 nitrogen and oxygen atoms in total. The molecule has 0 aliphatic rings. The van der Waals surface area contributed by atoms with Crippen molar-refractivity contribution in [2.45, 2.75) is 20.8 Å². The summed E-state index contributed by atoms with van der Waals surface area (Å²) in [6.45, 7) is 8.58. The first-order valence-electron chi connectivity index (χ1n) is 3.24. The van der Waals surface area contributed by atoms with E-state index >= 15 is 0 Å². The Balaban J connectivity index is 3.25. The van der Waals surface area contributed by atoms with E-state index in [9.17, 15) is 0 Å². The Bertz CT molecular complexity index is 196. The maximum atomic E-state index is 2.16. The number of hydrogen-bond acceptors (Lipinski definition) is 0. The SMILES string of the molecule is Cc1bccc(C)c1C. The first-order valence-corrected chi connectivity index (χ1v) is 3.24. The molecule has 1 aromatic rings. The van der Waals surface area contributed by atoms with Crippen molar-refractivity contribution in [3.05, 3.63) is 28.6 Å². The molecule has 0 atom stereocenters. The molecule has 0 unspecified atom stereocenters. The second-order valence-electron chi connectivity index (χ2n) is 2.52.